The molecule has 0 spiro atoms. The average molecular weight is 940 g/mol. The second-order valence-corrected chi connectivity index (χ2v) is 18.2. The lowest BCUT2D eigenvalue weighted by atomic mass is 9.96. The van der Waals surface area contributed by atoms with E-state index in [1.807, 2.05) is 0 Å². The smallest absolute Gasteiger partial charge is 0.245 e. The van der Waals surface area contributed by atoms with Crippen LogP contribution in [0.4, 0.5) is 0 Å². The zero-order valence-electron chi connectivity index (χ0n) is 36.3. The van der Waals surface area contributed by atoms with Crippen molar-refractivity contribution in [2.75, 3.05) is 24.6 Å². The van der Waals surface area contributed by atoms with Crippen molar-refractivity contribution in [3.63, 3.8) is 0 Å². The fraction of sp³-hybridized carbons (Fsp3) is 0.590. The quantitative estimate of drug-likeness (QED) is 0.0697. The van der Waals surface area contributed by atoms with Gasteiger partial charge in [0.05, 0.1) is 31.7 Å². The van der Waals surface area contributed by atoms with Crippen LogP contribution in [0.3, 0.4) is 0 Å². The van der Waals surface area contributed by atoms with Crippen LogP contribution in [0.25, 0.3) is 0 Å². The van der Waals surface area contributed by atoms with Crippen LogP contribution in [-0.4, -0.2) is 142 Å². The van der Waals surface area contributed by atoms with E-state index in [0.29, 0.717) is 12.0 Å². The highest BCUT2D eigenvalue weighted by molar-refractivity contribution is 8.76. The fourth-order valence-electron chi connectivity index (χ4n) is 5.94. The molecule has 0 aromatic heterocycles. The van der Waals surface area contributed by atoms with E-state index < -0.39 is 133 Å². The average Bonchev–Trinajstić information content (AvgIpc) is 3.22. The molecule has 1 heterocycles. The van der Waals surface area contributed by atoms with Gasteiger partial charge in [-0.3, -0.25) is 47.9 Å². The molecule has 23 nitrogen and oxygen atoms in total. The van der Waals surface area contributed by atoms with Crippen molar-refractivity contribution >= 4 is 80.7 Å². The lowest BCUT2D eigenvalue weighted by Crippen LogP contribution is -2.63. The predicted molar refractivity (Wildman–Crippen MR) is 236 cm³/mol. The van der Waals surface area contributed by atoms with Gasteiger partial charge in [-0.25, -0.2) is 0 Å². The minimum atomic E-state index is -1.77. The highest BCUT2D eigenvalue weighted by atomic mass is 33.1. The molecule has 0 bridgehead atoms. The molecule has 9 atom stereocenters. The highest BCUT2D eigenvalue weighted by Crippen LogP contribution is 2.23. The Kier molecular flexibility index (Phi) is 22.8. The number of aromatic hydroxyl groups is 1. The number of carbonyl (C=O) groups excluding carboxylic acids is 10. The van der Waals surface area contributed by atoms with Crippen molar-refractivity contribution in [3.8, 4) is 5.75 Å². The van der Waals surface area contributed by atoms with Crippen LogP contribution >= 0.6 is 21.6 Å². The van der Waals surface area contributed by atoms with Crippen LogP contribution in [0.5, 0.6) is 5.75 Å². The molecule has 1 aromatic carbocycles. The molecule has 0 aliphatic carbocycles. The van der Waals surface area contributed by atoms with Crippen molar-refractivity contribution in [2.24, 2.45) is 29.0 Å². The second kappa shape index (κ2) is 26.8. The maximum absolute atomic E-state index is 13.9. The Morgan fingerprint density at radius 2 is 1.33 bits per heavy atom. The van der Waals surface area contributed by atoms with E-state index in [4.69, 9.17) is 17.2 Å². The summed E-state index contributed by atoms with van der Waals surface area (Å²) >= 11 is 0. The Bertz CT molecular complexity index is 1840. The molecule has 0 saturated carbocycles. The van der Waals surface area contributed by atoms with E-state index in [-0.39, 0.29) is 36.0 Å². The number of carbonyl (C=O) groups is 10. The maximum atomic E-state index is 13.9. The van der Waals surface area contributed by atoms with Gasteiger partial charge in [0.2, 0.25) is 59.1 Å². The molecule has 356 valence electrons. The molecule has 1 saturated heterocycles. The number of hydrogen-bond donors (Lipinski definition) is 13. The molecule has 25 heteroatoms. The number of benzene rings is 1. The normalized spacial score (nSPS) is 23.3. The summed E-state index contributed by atoms with van der Waals surface area (Å²) in [5, 5.41) is 40.0. The summed E-state index contributed by atoms with van der Waals surface area (Å²) in [6, 6.07) is -4.16. The summed E-state index contributed by atoms with van der Waals surface area (Å²) < 4.78 is 0. The standard InChI is InChI=1S/C39H61N11O12S2/c1-6-19(4)31-38(61)50-32(20(5)51)39(62)47-26(13-28(41)53)36(59)48-27(35(58)44-15-30(55)45-24(11-18(2)3)34(57)43-14-29(42)54)17-64-63-16-23(40)33(56)46-25(37(60)49-31)12-21-7-9-22(52)10-8-21/h7-10,18-20,23-27,31-32,51-52H,6,11-17,40H2,1-5H3,(H2,41,53)(H2,42,54)(H,43,57)(H,44,58)(H,45,55)(H,46,56)(H,47,62)(H,48,59)(H,49,60)(H,50,61)/t19-,20+,23-,24-,25-,26?,27-,31-,32-/m0/s1. The summed E-state index contributed by atoms with van der Waals surface area (Å²) in [7, 11) is 1.97. The Hall–Kier alpha value is -5.66. The number of hydrogen-bond acceptors (Lipinski definition) is 15. The van der Waals surface area contributed by atoms with E-state index in [0.717, 1.165) is 21.6 Å². The summed E-state index contributed by atoms with van der Waals surface area (Å²) in [5.41, 5.74) is 17.3. The van der Waals surface area contributed by atoms with Crippen LogP contribution < -0.4 is 59.7 Å². The Labute approximate surface area is 378 Å². The minimum Gasteiger partial charge on any atom is -0.508 e. The van der Waals surface area contributed by atoms with Gasteiger partial charge in [-0.1, -0.05) is 67.8 Å². The predicted octanol–water partition coefficient (Wildman–Crippen LogP) is -4.37. The van der Waals surface area contributed by atoms with Gasteiger partial charge >= 0.3 is 0 Å². The minimum absolute atomic E-state index is 0.0446. The van der Waals surface area contributed by atoms with Crippen LogP contribution in [-0.2, 0) is 54.4 Å². The van der Waals surface area contributed by atoms with Crippen molar-refractivity contribution < 1.29 is 58.2 Å². The topological polar surface area (TPSA) is 385 Å². The number of phenols is 1. The molecule has 1 unspecified atom stereocenters. The summed E-state index contributed by atoms with van der Waals surface area (Å²) in [4.78, 5) is 131. The van der Waals surface area contributed by atoms with Gasteiger partial charge in [0, 0.05) is 17.9 Å². The Morgan fingerprint density at radius 1 is 0.750 bits per heavy atom. The number of nitrogens with one attached hydrogen (secondary N) is 8. The number of phenolic OH excluding ortho intramolecular Hbond substituents is 1. The number of amides is 10. The molecule has 1 aliphatic rings. The number of nitrogens with two attached hydrogens (primary N) is 3. The van der Waals surface area contributed by atoms with Crippen molar-refractivity contribution in [3.05, 3.63) is 29.8 Å². The van der Waals surface area contributed by atoms with Crippen molar-refractivity contribution in [1.82, 2.24) is 42.5 Å². The first-order valence-corrected chi connectivity index (χ1v) is 22.9. The van der Waals surface area contributed by atoms with Crippen LogP contribution in [0.15, 0.2) is 24.3 Å². The molecule has 0 radical (unpaired) electrons. The van der Waals surface area contributed by atoms with E-state index in [1.54, 1.807) is 27.7 Å². The third kappa shape index (κ3) is 19.0. The molecule has 10 amide bonds. The van der Waals surface area contributed by atoms with Crippen molar-refractivity contribution in [2.45, 2.75) is 109 Å². The third-order valence-corrected chi connectivity index (χ3v) is 12.1. The van der Waals surface area contributed by atoms with E-state index in [9.17, 15) is 58.2 Å². The largest absolute Gasteiger partial charge is 0.508 e. The van der Waals surface area contributed by atoms with E-state index >= 15 is 0 Å². The maximum Gasteiger partial charge on any atom is 0.245 e. The number of aliphatic hydroxyl groups excluding tert-OH is 1. The zero-order chi connectivity index (χ0) is 48.3. The molecular formula is C39H61N11O12S2. The second-order valence-electron chi connectivity index (χ2n) is 15.7. The van der Waals surface area contributed by atoms with Gasteiger partial charge in [0.25, 0.3) is 0 Å². The molecule has 16 N–H and O–H groups in total. The first kappa shape index (κ1) is 54.5. The Balaban J connectivity index is 2.50. The Morgan fingerprint density at radius 3 is 1.91 bits per heavy atom. The summed E-state index contributed by atoms with van der Waals surface area (Å²) in [6.45, 7) is 6.94. The first-order valence-electron chi connectivity index (χ1n) is 20.4. The van der Waals surface area contributed by atoms with Gasteiger partial charge in [-0.05, 0) is 42.9 Å². The molecule has 64 heavy (non-hydrogen) atoms. The number of rotatable bonds is 16. The summed E-state index contributed by atoms with van der Waals surface area (Å²) in [6.07, 6.45) is -2.01. The summed E-state index contributed by atoms with van der Waals surface area (Å²) in [5.74, 6) is -10.1. The molecule has 1 aromatic rings. The SMILES string of the molecule is CC[C@H](C)[C@@H]1NC(=O)[C@H](Cc2ccc(O)cc2)NC(=O)[C@@H](N)CSSC[C@@H](C(=O)NCC(=O)N[C@@H](CC(C)C)C(=O)NCC(N)=O)NC(=O)C(CC(N)=O)NC(=O)[C@H]([C@@H](C)O)NC1=O. The van der Waals surface area contributed by atoms with Crippen LogP contribution in [0, 0.1) is 11.8 Å². The molecule has 1 aliphatic heterocycles. The van der Waals surface area contributed by atoms with Crippen molar-refractivity contribution in [1.29, 1.82) is 0 Å². The van der Waals surface area contributed by atoms with Gasteiger partial charge < -0.3 is 69.9 Å². The van der Waals surface area contributed by atoms with E-state index in [2.05, 4.69) is 42.5 Å². The van der Waals surface area contributed by atoms with Gasteiger partial charge in [-0.15, -0.1) is 0 Å². The fourth-order valence-corrected chi connectivity index (χ4v) is 8.22. The monoisotopic (exact) mass is 939 g/mol. The molecule has 1 fully saturated rings. The lowest BCUT2D eigenvalue weighted by Gasteiger charge is -2.30. The molecule has 2 rings (SSSR count). The lowest BCUT2D eigenvalue weighted by molar-refractivity contribution is -0.138. The first-order chi connectivity index (χ1) is 30.0. The molecular weight excluding hydrogens is 879 g/mol. The highest BCUT2D eigenvalue weighted by Gasteiger charge is 2.37. The van der Waals surface area contributed by atoms with Gasteiger partial charge in [-0.2, -0.15) is 0 Å². The van der Waals surface area contributed by atoms with Crippen LogP contribution in [0.2, 0.25) is 0 Å². The number of primary amides is 2. The van der Waals surface area contributed by atoms with E-state index in [1.165, 1.54) is 31.2 Å². The third-order valence-electron chi connectivity index (χ3n) is 9.66. The van der Waals surface area contributed by atoms with Gasteiger partial charge in [0.15, 0.2) is 0 Å². The zero-order valence-corrected chi connectivity index (χ0v) is 37.9. The van der Waals surface area contributed by atoms with Crippen LogP contribution in [0.1, 0.15) is 59.4 Å². The number of aliphatic hydroxyl groups is 1. The van der Waals surface area contributed by atoms with Gasteiger partial charge in [0.1, 0.15) is 42.0 Å².